The summed E-state index contributed by atoms with van der Waals surface area (Å²) < 4.78 is 10.6. The van der Waals surface area contributed by atoms with E-state index in [4.69, 9.17) is 9.47 Å². The Hall–Kier alpha value is -3.22. The van der Waals surface area contributed by atoms with Gasteiger partial charge in [-0.15, -0.1) is 0 Å². The fourth-order valence-electron chi connectivity index (χ4n) is 4.32. The van der Waals surface area contributed by atoms with Crippen LogP contribution in [-0.4, -0.2) is 61.9 Å². The highest BCUT2D eigenvalue weighted by atomic mass is 16.5. The monoisotopic (exact) mass is 420 g/mol. The molecule has 3 fully saturated rings. The zero-order valence-corrected chi connectivity index (χ0v) is 17.2. The molecule has 5 rings (SSSR count). The van der Waals surface area contributed by atoms with E-state index in [1.54, 1.807) is 17.2 Å². The first-order valence-corrected chi connectivity index (χ1v) is 10.5. The van der Waals surface area contributed by atoms with Gasteiger partial charge in [-0.25, -0.2) is 4.98 Å². The maximum atomic E-state index is 13.1. The third-order valence-electron chi connectivity index (χ3n) is 6.31. The van der Waals surface area contributed by atoms with Crippen molar-refractivity contribution in [1.82, 2.24) is 9.97 Å². The Kier molecular flexibility index (Phi) is 5.18. The van der Waals surface area contributed by atoms with E-state index in [9.17, 15) is 10.1 Å². The summed E-state index contributed by atoms with van der Waals surface area (Å²) in [4.78, 5) is 25.8. The highest BCUT2D eigenvalue weighted by Gasteiger charge is 2.55. The lowest BCUT2D eigenvalue weighted by molar-refractivity contribution is -0.136. The van der Waals surface area contributed by atoms with Gasteiger partial charge >= 0.3 is 0 Å². The van der Waals surface area contributed by atoms with Crippen molar-refractivity contribution in [3.05, 3.63) is 36.5 Å². The zero-order valence-electron chi connectivity index (χ0n) is 17.2. The van der Waals surface area contributed by atoms with Gasteiger partial charge < -0.3 is 19.7 Å². The summed E-state index contributed by atoms with van der Waals surface area (Å²) in [6, 6.07) is 12.1. The van der Waals surface area contributed by atoms with Crippen LogP contribution in [-0.2, 0) is 14.3 Å². The van der Waals surface area contributed by atoms with Gasteiger partial charge in [0.2, 0.25) is 11.9 Å². The highest BCUT2D eigenvalue weighted by Crippen LogP contribution is 2.43. The minimum atomic E-state index is -1.01. The predicted octanol–water partition coefficient (Wildman–Crippen LogP) is 1.95. The van der Waals surface area contributed by atoms with E-state index in [2.05, 4.69) is 38.4 Å². The summed E-state index contributed by atoms with van der Waals surface area (Å²) in [6.07, 6.45) is 2.12. The SMILES string of the molecule is N#CC1(C2COC2)CCN(c2ccnc(Nc3ccc(N4CCOCC4)cc3)n2)C1=O. The van der Waals surface area contributed by atoms with Gasteiger partial charge in [-0.05, 0) is 36.8 Å². The van der Waals surface area contributed by atoms with Gasteiger partial charge in [0.25, 0.3) is 0 Å². The number of ether oxygens (including phenoxy) is 2. The molecule has 9 heteroatoms. The van der Waals surface area contributed by atoms with Gasteiger partial charge in [0.1, 0.15) is 11.2 Å². The van der Waals surface area contributed by atoms with Crippen LogP contribution in [0.4, 0.5) is 23.1 Å². The van der Waals surface area contributed by atoms with Gasteiger partial charge in [0.05, 0.1) is 32.5 Å². The topological polar surface area (TPSA) is 104 Å². The Labute approximate surface area is 180 Å². The van der Waals surface area contributed by atoms with Gasteiger partial charge in [-0.1, -0.05) is 0 Å². The van der Waals surface area contributed by atoms with Crippen LogP contribution in [0.25, 0.3) is 0 Å². The number of aromatic nitrogens is 2. The second-order valence-electron chi connectivity index (χ2n) is 8.03. The summed E-state index contributed by atoms with van der Waals surface area (Å²) in [6.45, 7) is 4.66. The third kappa shape index (κ3) is 3.58. The molecule has 0 aliphatic carbocycles. The number of hydrogen-bond acceptors (Lipinski definition) is 8. The molecule has 1 aromatic carbocycles. The van der Waals surface area contributed by atoms with Gasteiger partial charge in [-0.2, -0.15) is 10.2 Å². The molecule has 0 spiro atoms. The summed E-state index contributed by atoms with van der Waals surface area (Å²) in [7, 11) is 0. The summed E-state index contributed by atoms with van der Waals surface area (Å²) in [5.74, 6) is 0.679. The number of hydrogen-bond donors (Lipinski definition) is 1. The van der Waals surface area contributed by atoms with Gasteiger partial charge in [0, 0.05) is 43.1 Å². The number of nitrogens with one attached hydrogen (secondary N) is 1. The quantitative estimate of drug-likeness (QED) is 0.783. The predicted molar refractivity (Wildman–Crippen MR) is 114 cm³/mol. The van der Waals surface area contributed by atoms with Crippen molar-refractivity contribution in [3.8, 4) is 6.07 Å². The molecule has 1 unspecified atom stereocenters. The number of morpholine rings is 1. The molecule has 3 saturated heterocycles. The molecule has 1 N–H and O–H groups in total. The molecule has 2 aromatic rings. The normalized spacial score (nSPS) is 24.0. The van der Waals surface area contributed by atoms with E-state index < -0.39 is 5.41 Å². The molecule has 1 amide bonds. The highest BCUT2D eigenvalue weighted by molar-refractivity contribution is 6.01. The number of carbonyl (C=O) groups is 1. The number of carbonyl (C=O) groups excluding carboxylic acids is 1. The first kappa shape index (κ1) is 19.7. The lowest BCUT2D eigenvalue weighted by atomic mass is 9.74. The van der Waals surface area contributed by atoms with E-state index in [-0.39, 0.29) is 11.8 Å². The molecular weight excluding hydrogens is 396 g/mol. The fourth-order valence-corrected chi connectivity index (χ4v) is 4.32. The van der Waals surface area contributed by atoms with E-state index >= 15 is 0 Å². The number of nitriles is 1. The first-order chi connectivity index (χ1) is 15.2. The second kappa shape index (κ2) is 8.13. The summed E-state index contributed by atoms with van der Waals surface area (Å²) >= 11 is 0. The van der Waals surface area contributed by atoms with Crippen molar-refractivity contribution in [2.45, 2.75) is 6.42 Å². The molecular formula is C22H24N6O3. The van der Waals surface area contributed by atoms with Crippen molar-refractivity contribution < 1.29 is 14.3 Å². The number of nitrogens with zero attached hydrogens (tertiary/aromatic N) is 5. The Bertz CT molecular complexity index is 997. The second-order valence-corrected chi connectivity index (χ2v) is 8.03. The van der Waals surface area contributed by atoms with Crippen LogP contribution >= 0.6 is 0 Å². The standard InChI is InChI=1S/C22H24N6O3/c23-15-22(16-13-31-14-16)6-8-28(20(22)29)19-5-7-24-21(26-19)25-17-1-3-18(4-2-17)27-9-11-30-12-10-27/h1-5,7,16H,6,8-14H2,(H,24,25,26). The molecule has 3 aliphatic rings. The molecule has 0 saturated carbocycles. The molecule has 4 heterocycles. The van der Waals surface area contributed by atoms with Crippen LogP contribution in [0.1, 0.15) is 6.42 Å². The van der Waals surface area contributed by atoms with Crippen molar-refractivity contribution in [2.24, 2.45) is 11.3 Å². The van der Waals surface area contributed by atoms with Crippen molar-refractivity contribution in [1.29, 1.82) is 5.26 Å². The lowest BCUT2D eigenvalue weighted by Gasteiger charge is -2.35. The van der Waals surface area contributed by atoms with E-state index in [0.29, 0.717) is 37.9 Å². The molecule has 9 nitrogen and oxygen atoms in total. The van der Waals surface area contributed by atoms with Crippen LogP contribution in [0, 0.1) is 22.7 Å². The van der Waals surface area contributed by atoms with Crippen LogP contribution in [0.3, 0.4) is 0 Å². The first-order valence-electron chi connectivity index (χ1n) is 10.5. The fraction of sp³-hybridized carbons (Fsp3) is 0.455. The third-order valence-corrected chi connectivity index (χ3v) is 6.31. The van der Waals surface area contributed by atoms with Crippen LogP contribution in [0.2, 0.25) is 0 Å². The average Bonchev–Trinajstić information content (AvgIpc) is 3.11. The van der Waals surface area contributed by atoms with Crippen LogP contribution < -0.4 is 15.1 Å². The minimum absolute atomic E-state index is 0.0422. The van der Waals surface area contributed by atoms with Crippen molar-refractivity contribution in [2.75, 3.05) is 61.2 Å². The number of rotatable bonds is 5. The van der Waals surface area contributed by atoms with Gasteiger partial charge in [0.15, 0.2) is 0 Å². The summed E-state index contributed by atoms with van der Waals surface area (Å²) in [5.41, 5.74) is 1.01. The lowest BCUT2D eigenvalue weighted by Crippen LogP contribution is -2.47. The van der Waals surface area contributed by atoms with E-state index in [1.807, 2.05) is 12.1 Å². The number of anilines is 4. The van der Waals surface area contributed by atoms with Crippen molar-refractivity contribution >= 4 is 29.0 Å². The van der Waals surface area contributed by atoms with Crippen LogP contribution in [0.5, 0.6) is 0 Å². The van der Waals surface area contributed by atoms with Gasteiger partial charge in [-0.3, -0.25) is 9.69 Å². The largest absolute Gasteiger partial charge is 0.381 e. The van der Waals surface area contributed by atoms with Crippen molar-refractivity contribution in [3.63, 3.8) is 0 Å². The zero-order chi connectivity index (χ0) is 21.3. The average molecular weight is 420 g/mol. The Balaban J connectivity index is 1.29. The Morgan fingerprint density at radius 3 is 2.55 bits per heavy atom. The molecule has 1 atom stereocenters. The van der Waals surface area contributed by atoms with Crippen LogP contribution in [0.15, 0.2) is 36.5 Å². The number of amides is 1. The Morgan fingerprint density at radius 1 is 1.10 bits per heavy atom. The molecule has 0 radical (unpaired) electrons. The Morgan fingerprint density at radius 2 is 1.87 bits per heavy atom. The van der Waals surface area contributed by atoms with E-state index in [1.165, 1.54) is 0 Å². The molecule has 1 aromatic heterocycles. The summed E-state index contributed by atoms with van der Waals surface area (Å²) in [5, 5.41) is 12.9. The molecule has 3 aliphatic heterocycles. The molecule has 31 heavy (non-hydrogen) atoms. The minimum Gasteiger partial charge on any atom is -0.381 e. The van der Waals surface area contributed by atoms with E-state index in [0.717, 1.165) is 37.7 Å². The number of benzene rings is 1. The molecule has 0 bridgehead atoms. The molecule has 160 valence electrons. The maximum absolute atomic E-state index is 13.1. The maximum Gasteiger partial charge on any atom is 0.249 e. The smallest absolute Gasteiger partial charge is 0.249 e.